The molecule has 0 saturated carbocycles. The van der Waals surface area contributed by atoms with E-state index in [1.165, 1.54) is 0 Å². The molecule has 0 saturated heterocycles. The summed E-state index contributed by atoms with van der Waals surface area (Å²) in [4.78, 5) is 21.5. The molecule has 2 aromatic carbocycles. The topological polar surface area (TPSA) is 72.3 Å². The van der Waals surface area contributed by atoms with E-state index in [0.717, 1.165) is 49.5 Å². The van der Waals surface area contributed by atoms with Crippen LogP contribution in [0.25, 0.3) is 32.8 Å². The number of rotatable bonds is 4. The lowest BCUT2D eigenvalue weighted by molar-refractivity contribution is -0.160. The molecule has 0 amide bonds. The van der Waals surface area contributed by atoms with Crippen LogP contribution in [0.3, 0.4) is 0 Å². The van der Waals surface area contributed by atoms with Crippen molar-refractivity contribution in [2.45, 2.75) is 53.2 Å². The van der Waals surface area contributed by atoms with E-state index in [9.17, 15) is 9.90 Å². The van der Waals surface area contributed by atoms with Crippen molar-refractivity contribution in [2.24, 2.45) is 0 Å². The Balaban J connectivity index is 2.18. The molecule has 0 aliphatic carbocycles. The predicted octanol–water partition coefficient (Wildman–Crippen LogP) is 6.32. The van der Waals surface area contributed by atoms with E-state index in [1.54, 1.807) is 6.20 Å². The molecule has 32 heavy (non-hydrogen) atoms. The van der Waals surface area contributed by atoms with Crippen molar-refractivity contribution >= 4 is 27.6 Å². The van der Waals surface area contributed by atoms with Gasteiger partial charge in [0.1, 0.15) is 0 Å². The van der Waals surface area contributed by atoms with Crippen molar-refractivity contribution in [3.8, 4) is 11.1 Å². The highest BCUT2D eigenvalue weighted by molar-refractivity contribution is 6.10. The van der Waals surface area contributed by atoms with Crippen LogP contribution in [-0.4, -0.2) is 26.6 Å². The summed E-state index contributed by atoms with van der Waals surface area (Å²) in [7, 11) is 0. The second-order valence-corrected chi connectivity index (χ2v) is 9.30. The molecule has 2 aromatic heterocycles. The number of nitrogens with zero attached hydrogens (tertiary/aromatic N) is 2. The molecule has 1 N–H and O–H groups in total. The highest BCUT2D eigenvalue weighted by Crippen LogP contribution is 2.43. The average molecular weight is 429 g/mol. The molecule has 0 unspecified atom stereocenters. The fourth-order valence-electron chi connectivity index (χ4n) is 4.37. The number of benzene rings is 2. The molecule has 0 fully saturated rings. The van der Waals surface area contributed by atoms with Crippen molar-refractivity contribution in [1.82, 2.24) is 9.97 Å². The van der Waals surface area contributed by atoms with Crippen LogP contribution in [0.4, 0.5) is 0 Å². The third-order valence-corrected chi connectivity index (χ3v) is 5.77. The van der Waals surface area contributed by atoms with Gasteiger partial charge in [-0.05, 0) is 69.9 Å². The predicted molar refractivity (Wildman–Crippen MR) is 128 cm³/mol. The van der Waals surface area contributed by atoms with E-state index in [-0.39, 0.29) is 0 Å². The quantitative estimate of drug-likeness (QED) is 0.385. The third kappa shape index (κ3) is 3.84. The van der Waals surface area contributed by atoms with Gasteiger partial charge in [0.05, 0.1) is 11.1 Å². The van der Waals surface area contributed by atoms with Crippen LogP contribution in [-0.2, 0) is 9.53 Å². The van der Waals surface area contributed by atoms with Crippen LogP contribution in [0.15, 0.2) is 48.9 Å². The molecule has 5 nitrogen and oxygen atoms in total. The summed E-state index contributed by atoms with van der Waals surface area (Å²) in [5.41, 5.74) is 5.55. The van der Waals surface area contributed by atoms with Crippen LogP contribution >= 0.6 is 0 Å². The van der Waals surface area contributed by atoms with Crippen LogP contribution in [0.2, 0.25) is 0 Å². The maximum Gasteiger partial charge on any atom is 0.337 e. The van der Waals surface area contributed by atoms with Crippen LogP contribution in [0.5, 0.6) is 0 Å². The number of aromatic nitrogens is 2. The number of carbonyl (C=O) groups is 1. The second kappa shape index (κ2) is 7.99. The summed E-state index contributed by atoms with van der Waals surface area (Å²) >= 11 is 0. The lowest BCUT2D eigenvalue weighted by Gasteiger charge is -2.29. The van der Waals surface area contributed by atoms with Gasteiger partial charge in [0.2, 0.25) is 0 Å². The molecule has 2 heterocycles. The number of carboxylic acids is 1. The van der Waals surface area contributed by atoms with Gasteiger partial charge in [0.25, 0.3) is 0 Å². The Bertz CT molecular complexity index is 1340. The first-order valence-electron chi connectivity index (χ1n) is 10.7. The summed E-state index contributed by atoms with van der Waals surface area (Å²) in [5, 5.41) is 13.2. The van der Waals surface area contributed by atoms with Crippen LogP contribution < -0.4 is 0 Å². The van der Waals surface area contributed by atoms with Gasteiger partial charge in [-0.25, -0.2) is 4.79 Å². The number of pyridine rings is 2. The normalized spacial score (nSPS) is 12.9. The van der Waals surface area contributed by atoms with E-state index in [1.807, 2.05) is 84.3 Å². The van der Waals surface area contributed by atoms with Gasteiger partial charge in [-0.1, -0.05) is 29.8 Å². The Morgan fingerprint density at radius 2 is 1.69 bits per heavy atom. The molecule has 164 valence electrons. The number of carboxylic acid groups (broad SMARTS) is 1. The Hall–Kier alpha value is -3.31. The summed E-state index contributed by atoms with van der Waals surface area (Å²) in [6.45, 7) is 11.6. The molecule has 0 bridgehead atoms. The van der Waals surface area contributed by atoms with Crippen molar-refractivity contribution in [3.05, 3.63) is 71.2 Å². The highest BCUT2D eigenvalue weighted by atomic mass is 16.5. The first-order valence-corrected chi connectivity index (χ1v) is 10.7. The van der Waals surface area contributed by atoms with Gasteiger partial charge in [0.15, 0.2) is 6.10 Å². The van der Waals surface area contributed by atoms with Gasteiger partial charge in [-0.3, -0.25) is 9.97 Å². The first kappa shape index (κ1) is 21.9. The molecule has 0 spiro atoms. The first-order chi connectivity index (χ1) is 15.1. The van der Waals surface area contributed by atoms with E-state index in [0.29, 0.717) is 5.56 Å². The minimum Gasteiger partial charge on any atom is -0.479 e. The fourth-order valence-corrected chi connectivity index (χ4v) is 4.37. The highest BCUT2D eigenvalue weighted by Gasteiger charge is 2.33. The van der Waals surface area contributed by atoms with Crippen LogP contribution in [0.1, 0.15) is 49.1 Å². The number of aryl methyl sites for hydroxylation is 3. The summed E-state index contributed by atoms with van der Waals surface area (Å²) in [6.07, 6.45) is 4.30. The number of aliphatic carboxylic acids is 1. The van der Waals surface area contributed by atoms with Gasteiger partial charge in [-0.15, -0.1) is 0 Å². The van der Waals surface area contributed by atoms with Crippen LogP contribution in [0, 0.1) is 20.8 Å². The van der Waals surface area contributed by atoms with E-state index in [2.05, 4.69) is 4.98 Å². The minimum atomic E-state index is -1.12. The Labute approximate surface area is 188 Å². The molecular formula is C27H28N2O3. The molecule has 0 aliphatic rings. The smallest absolute Gasteiger partial charge is 0.337 e. The van der Waals surface area contributed by atoms with E-state index in [4.69, 9.17) is 9.72 Å². The third-order valence-electron chi connectivity index (χ3n) is 5.77. The van der Waals surface area contributed by atoms with Crippen molar-refractivity contribution in [1.29, 1.82) is 0 Å². The molecule has 4 aromatic rings. The van der Waals surface area contributed by atoms with E-state index < -0.39 is 17.7 Å². The Morgan fingerprint density at radius 1 is 1.00 bits per heavy atom. The van der Waals surface area contributed by atoms with Crippen molar-refractivity contribution < 1.29 is 14.6 Å². The Morgan fingerprint density at radius 3 is 2.31 bits per heavy atom. The molecular weight excluding hydrogens is 400 g/mol. The monoisotopic (exact) mass is 428 g/mol. The Kier molecular flexibility index (Phi) is 5.47. The molecule has 1 atom stereocenters. The zero-order valence-corrected chi connectivity index (χ0v) is 19.4. The molecule has 5 heteroatoms. The lowest BCUT2D eigenvalue weighted by Crippen LogP contribution is -2.28. The fraction of sp³-hybridized carbons (Fsp3) is 0.296. The van der Waals surface area contributed by atoms with Gasteiger partial charge < -0.3 is 9.84 Å². The second-order valence-electron chi connectivity index (χ2n) is 9.30. The maximum absolute atomic E-state index is 12.5. The number of ether oxygens (including phenoxy) is 1. The molecule has 4 rings (SSSR count). The van der Waals surface area contributed by atoms with Gasteiger partial charge in [-0.2, -0.15) is 0 Å². The lowest BCUT2D eigenvalue weighted by atomic mass is 9.84. The number of hydrogen-bond donors (Lipinski definition) is 1. The zero-order valence-electron chi connectivity index (χ0n) is 19.4. The maximum atomic E-state index is 12.5. The van der Waals surface area contributed by atoms with Crippen molar-refractivity contribution in [2.75, 3.05) is 0 Å². The molecule has 0 aliphatic heterocycles. The standard InChI is InChI=1S/C27H28N2O3/c1-15-7-9-18(10-8-15)21-16(2)22-20-14-28-12-11-19(20)13-29-24(22)17(3)23(21)25(26(30)31)32-27(4,5)6/h7-14,25H,1-6H3,(H,30,31)/t25-/m0/s1. The largest absolute Gasteiger partial charge is 0.479 e. The average Bonchev–Trinajstić information content (AvgIpc) is 2.74. The summed E-state index contributed by atoms with van der Waals surface area (Å²) < 4.78 is 6.10. The minimum absolute atomic E-state index is 0.635. The zero-order chi connectivity index (χ0) is 23.2. The van der Waals surface area contributed by atoms with Gasteiger partial charge in [0, 0.05) is 40.3 Å². The summed E-state index contributed by atoms with van der Waals surface area (Å²) in [5.74, 6) is -1.02. The summed E-state index contributed by atoms with van der Waals surface area (Å²) in [6, 6.07) is 10.1. The number of hydrogen-bond acceptors (Lipinski definition) is 4. The van der Waals surface area contributed by atoms with Gasteiger partial charge >= 0.3 is 5.97 Å². The molecule has 0 radical (unpaired) electrons. The number of fused-ring (bicyclic) bond motifs is 3. The van der Waals surface area contributed by atoms with Crippen molar-refractivity contribution in [3.63, 3.8) is 0 Å². The SMILES string of the molecule is Cc1ccc(-c2c([C@H](OC(C)(C)C)C(=O)O)c(C)c3ncc4ccncc4c3c2C)cc1. The van der Waals surface area contributed by atoms with E-state index >= 15 is 0 Å².